The summed E-state index contributed by atoms with van der Waals surface area (Å²) in [5, 5.41) is 13.6. The van der Waals surface area contributed by atoms with Crippen LogP contribution in [0.1, 0.15) is 24.8 Å². The Bertz CT molecular complexity index is 1180. The first-order valence-electron chi connectivity index (χ1n) is 17.4. The van der Waals surface area contributed by atoms with Crippen LogP contribution in [0.4, 0.5) is 5.69 Å². The lowest BCUT2D eigenvalue weighted by Gasteiger charge is -2.19. The molecule has 0 aliphatic carbocycles. The molecule has 1 rings (SSSR count). The lowest BCUT2D eigenvalue weighted by atomic mass is 10.1. The summed E-state index contributed by atoms with van der Waals surface area (Å²) >= 11 is 3.18. The monoisotopic (exact) mass is 817 g/mol. The molecule has 0 saturated carbocycles. The molecule has 0 aliphatic heterocycles. The minimum atomic E-state index is -0.873. The SMILES string of the molecule is C=C(CBr)C(=O)NCCOCCOCCOCCOCCOCCOCCC(=O)NCC(=O)N[C@@H](CCCNC=O)C(=O)Nc1ccc(COC)cc1. The van der Waals surface area contributed by atoms with Gasteiger partial charge in [0.25, 0.3) is 0 Å². The highest BCUT2D eigenvalue weighted by Crippen LogP contribution is 2.11. The predicted octanol–water partition coefficient (Wildman–Crippen LogP) is 0.456. The maximum Gasteiger partial charge on any atom is 0.247 e. The molecule has 17 nitrogen and oxygen atoms in total. The molecule has 0 bridgehead atoms. The van der Waals surface area contributed by atoms with Crippen molar-refractivity contribution in [2.24, 2.45) is 0 Å². The first-order valence-corrected chi connectivity index (χ1v) is 18.5. The van der Waals surface area contributed by atoms with E-state index in [1.54, 1.807) is 19.2 Å². The van der Waals surface area contributed by atoms with Crippen LogP contribution in [0.5, 0.6) is 0 Å². The molecular weight excluding hydrogens is 762 g/mol. The van der Waals surface area contributed by atoms with Gasteiger partial charge in [0.2, 0.25) is 30.0 Å². The first kappa shape index (κ1) is 47.5. The summed E-state index contributed by atoms with van der Waals surface area (Å²) < 4.78 is 37.6. The molecule has 5 N–H and O–H groups in total. The Kier molecular flexibility index (Phi) is 29.7. The van der Waals surface area contributed by atoms with Gasteiger partial charge < -0.3 is 59.7 Å². The number of nitrogens with one attached hydrogen (secondary N) is 5. The average molecular weight is 819 g/mol. The summed E-state index contributed by atoms with van der Waals surface area (Å²) in [5.74, 6) is -1.52. The molecule has 18 heteroatoms. The van der Waals surface area contributed by atoms with Gasteiger partial charge in [0.05, 0.1) is 92.4 Å². The van der Waals surface area contributed by atoms with Crippen LogP contribution in [0.25, 0.3) is 0 Å². The number of hydrogen-bond acceptors (Lipinski definition) is 12. The van der Waals surface area contributed by atoms with E-state index in [2.05, 4.69) is 49.1 Å². The number of carbonyl (C=O) groups is 5. The molecule has 0 radical (unpaired) electrons. The van der Waals surface area contributed by atoms with Crippen molar-refractivity contribution in [2.45, 2.75) is 31.9 Å². The van der Waals surface area contributed by atoms with Gasteiger partial charge in [-0.3, -0.25) is 24.0 Å². The second-order valence-electron chi connectivity index (χ2n) is 11.1. The van der Waals surface area contributed by atoms with Crippen molar-refractivity contribution in [1.82, 2.24) is 21.3 Å². The fraction of sp³-hybridized carbons (Fsp3) is 0.629. The van der Waals surface area contributed by atoms with Crippen molar-refractivity contribution in [3.05, 3.63) is 42.0 Å². The Labute approximate surface area is 320 Å². The molecule has 0 spiro atoms. The zero-order valence-electron chi connectivity index (χ0n) is 30.6. The van der Waals surface area contributed by atoms with Crippen molar-refractivity contribution >= 4 is 51.7 Å². The molecule has 300 valence electrons. The molecule has 0 unspecified atom stereocenters. The number of hydrogen-bond donors (Lipinski definition) is 5. The molecular formula is C35H56BrN5O12. The zero-order valence-corrected chi connectivity index (χ0v) is 32.2. The van der Waals surface area contributed by atoms with Crippen molar-refractivity contribution in [1.29, 1.82) is 0 Å². The lowest BCUT2D eigenvalue weighted by molar-refractivity contribution is -0.128. The van der Waals surface area contributed by atoms with Gasteiger partial charge in [-0.2, -0.15) is 0 Å². The van der Waals surface area contributed by atoms with E-state index < -0.39 is 17.9 Å². The van der Waals surface area contributed by atoms with Crippen LogP contribution >= 0.6 is 15.9 Å². The van der Waals surface area contributed by atoms with E-state index in [0.717, 1.165) is 5.56 Å². The number of rotatable bonds is 35. The van der Waals surface area contributed by atoms with Crippen LogP contribution in [-0.2, 0) is 63.7 Å². The fourth-order valence-corrected chi connectivity index (χ4v) is 4.37. The third-order valence-corrected chi connectivity index (χ3v) is 7.55. The van der Waals surface area contributed by atoms with Crippen molar-refractivity contribution in [3.63, 3.8) is 0 Å². The van der Waals surface area contributed by atoms with E-state index in [9.17, 15) is 24.0 Å². The first-order chi connectivity index (χ1) is 25.8. The third kappa shape index (κ3) is 26.9. The molecule has 5 amide bonds. The minimum absolute atomic E-state index is 0.0471. The van der Waals surface area contributed by atoms with Gasteiger partial charge >= 0.3 is 0 Å². The topological polar surface area (TPSA) is 210 Å². The van der Waals surface area contributed by atoms with E-state index in [1.807, 2.05) is 12.1 Å². The molecule has 0 aromatic heterocycles. The van der Waals surface area contributed by atoms with Gasteiger partial charge in [0, 0.05) is 43.2 Å². The number of alkyl halides is 1. The number of anilines is 1. The van der Waals surface area contributed by atoms with Crippen LogP contribution in [0.3, 0.4) is 0 Å². The Morgan fingerprint density at radius 2 is 1.30 bits per heavy atom. The smallest absolute Gasteiger partial charge is 0.247 e. The second-order valence-corrected chi connectivity index (χ2v) is 11.7. The standard InChI is InChI=1S/C35H56BrN5O12/c1-28(24-36)34(45)38-11-13-49-15-17-51-19-21-53-23-22-52-20-18-50-16-14-48-12-9-32(43)39-25-33(44)41-31(4-3-10-37-27-42)35(46)40-30-7-5-29(6-8-30)26-47-2/h5-8,27,31H,1,3-4,9-26H2,2H3,(H,37,42)(H,38,45)(H,39,43)(H,40,46)(H,41,44)/t31-/m0/s1. The van der Waals surface area contributed by atoms with Gasteiger partial charge in [-0.25, -0.2) is 0 Å². The van der Waals surface area contributed by atoms with Crippen LogP contribution in [-0.4, -0.2) is 147 Å². The average Bonchev–Trinajstić information content (AvgIpc) is 3.16. The summed E-state index contributed by atoms with van der Waals surface area (Å²) in [7, 11) is 1.59. The lowest BCUT2D eigenvalue weighted by Crippen LogP contribution is -2.47. The van der Waals surface area contributed by atoms with Gasteiger partial charge in [0.15, 0.2) is 0 Å². The Balaban J connectivity index is 2.02. The highest BCUT2D eigenvalue weighted by molar-refractivity contribution is 9.09. The molecule has 1 atom stereocenters. The van der Waals surface area contributed by atoms with Gasteiger partial charge in [-0.1, -0.05) is 34.6 Å². The van der Waals surface area contributed by atoms with Crippen molar-refractivity contribution < 1.29 is 57.1 Å². The van der Waals surface area contributed by atoms with Gasteiger partial charge in [-0.15, -0.1) is 0 Å². The zero-order chi connectivity index (χ0) is 38.8. The van der Waals surface area contributed by atoms with E-state index >= 15 is 0 Å². The summed E-state index contributed by atoms with van der Waals surface area (Å²) in [5.41, 5.74) is 1.97. The predicted molar refractivity (Wildman–Crippen MR) is 200 cm³/mol. The maximum absolute atomic E-state index is 12.9. The number of halogens is 1. The molecule has 0 aliphatic rings. The number of methoxy groups -OCH3 is 1. The highest BCUT2D eigenvalue weighted by atomic mass is 79.9. The molecule has 53 heavy (non-hydrogen) atoms. The van der Waals surface area contributed by atoms with Crippen molar-refractivity contribution in [2.75, 3.05) is 117 Å². The summed E-state index contributed by atoms with van der Waals surface area (Å²) in [4.78, 5) is 59.7. The number of amides is 5. The van der Waals surface area contributed by atoms with Crippen LogP contribution in [0.15, 0.2) is 36.4 Å². The van der Waals surface area contributed by atoms with Gasteiger partial charge in [-0.05, 0) is 30.5 Å². The summed E-state index contributed by atoms with van der Waals surface area (Å²) in [6.07, 6.45) is 1.35. The van der Waals surface area contributed by atoms with Crippen LogP contribution in [0, 0.1) is 0 Å². The van der Waals surface area contributed by atoms with Gasteiger partial charge in [0.1, 0.15) is 6.04 Å². The van der Waals surface area contributed by atoms with Crippen molar-refractivity contribution in [3.8, 4) is 0 Å². The molecule has 0 fully saturated rings. The highest BCUT2D eigenvalue weighted by Gasteiger charge is 2.21. The Morgan fingerprint density at radius 1 is 0.755 bits per heavy atom. The number of benzene rings is 1. The second kappa shape index (κ2) is 33.1. The quantitative estimate of drug-likeness (QED) is 0.0274. The molecule has 1 aromatic rings. The van der Waals surface area contributed by atoms with Crippen LogP contribution < -0.4 is 26.6 Å². The fourth-order valence-electron chi connectivity index (χ4n) is 4.12. The number of ether oxygens (including phenoxy) is 7. The maximum atomic E-state index is 12.9. The van der Waals surface area contributed by atoms with E-state index in [1.165, 1.54) is 0 Å². The molecule has 1 aromatic carbocycles. The van der Waals surface area contributed by atoms with Crippen LogP contribution in [0.2, 0.25) is 0 Å². The summed E-state index contributed by atoms with van der Waals surface area (Å²) in [6, 6.07) is 6.24. The Hall–Kier alpha value is -3.49. The minimum Gasteiger partial charge on any atom is -0.380 e. The third-order valence-electron chi connectivity index (χ3n) is 6.88. The largest absolute Gasteiger partial charge is 0.380 e. The molecule has 0 saturated heterocycles. The number of carbonyl (C=O) groups excluding carboxylic acids is 5. The molecule has 0 heterocycles. The summed E-state index contributed by atoms with van der Waals surface area (Å²) in [6.45, 7) is 9.00. The Morgan fingerprint density at radius 3 is 1.83 bits per heavy atom. The van der Waals surface area contributed by atoms with E-state index in [4.69, 9.17) is 33.2 Å². The normalized spacial score (nSPS) is 11.4. The van der Waals surface area contributed by atoms with E-state index in [-0.39, 0.29) is 44.4 Å². The van der Waals surface area contributed by atoms with E-state index in [0.29, 0.717) is 115 Å².